The van der Waals surface area contributed by atoms with Gasteiger partial charge < -0.3 is 9.32 Å². The molecular formula is C21H22FN3O4S. The molecule has 1 aromatic heterocycles. The molecule has 2 heterocycles. The maximum absolute atomic E-state index is 13.0. The first-order chi connectivity index (χ1) is 14.4. The van der Waals surface area contributed by atoms with Crippen LogP contribution in [0.1, 0.15) is 31.1 Å². The average Bonchev–Trinajstić information content (AvgIpc) is 3.18. The lowest BCUT2D eigenvalue weighted by Crippen LogP contribution is -2.40. The molecule has 1 aliphatic heterocycles. The van der Waals surface area contributed by atoms with E-state index in [4.69, 9.17) is 4.42 Å². The maximum atomic E-state index is 13.0. The molecule has 158 valence electrons. The second-order valence-corrected chi connectivity index (χ2v) is 9.07. The summed E-state index contributed by atoms with van der Waals surface area (Å²) in [6.07, 6.45) is 1.75. The van der Waals surface area contributed by atoms with Crippen LogP contribution in [-0.4, -0.2) is 43.8 Å². The Morgan fingerprint density at radius 1 is 1.20 bits per heavy atom. The minimum atomic E-state index is -3.78. The molecule has 1 fully saturated rings. The highest BCUT2D eigenvalue weighted by Crippen LogP contribution is 2.29. The number of rotatable bonds is 6. The van der Waals surface area contributed by atoms with Gasteiger partial charge in [-0.25, -0.2) is 22.5 Å². The highest BCUT2D eigenvalue weighted by Gasteiger charge is 2.28. The lowest BCUT2D eigenvalue weighted by atomic mass is 9.97. The molecule has 9 heteroatoms. The molecule has 0 spiro atoms. The SMILES string of the molecule is O=C(CCNS(=O)(=O)c1ccc(F)cc1)N1CCCC(c2nc3ccccc3o2)C1. The number of fused-ring (bicyclic) bond motifs is 1. The van der Waals surface area contributed by atoms with Gasteiger partial charge in [0.25, 0.3) is 0 Å². The molecule has 0 bridgehead atoms. The summed E-state index contributed by atoms with van der Waals surface area (Å²) in [6.45, 7) is 1.10. The van der Waals surface area contributed by atoms with E-state index in [1.54, 1.807) is 4.90 Å². The first kappa shape index (κ1) is 20.5. The Bertz CT molecular complexity index is 1110. The summed E-state index contributed by atoms with van der Waals surface area (Å²) in [5.74, 6) is 0.0112. The van der Waals surface area contributed by atoms with E-state index in [2.05, 4.69) is 9.71 Å². The van der Waals surface area contributed by atoms with Crippen LogP contribution in [0.25, 0.3) is 11.1 Å². The van der Waals surface area contributed by atoms with Gasteiger partial charge in [0.15, 0.2) is 11.5 Å². The topological polar surface area (TPSA) is 92.5 Å². The highest BCUT2D eigenvalue weighted by molar-refractivity contribution is 7.89. The van der Waals surface area contributed by atoms with Gasteiger partial charge in [-0.2, -0.15) is 0 Å². The van der Waals surface area contributed by atoms with Crippen LogP contribution in [0.15, 0.2) is 57.8 Å². The number of sulfonamides is 1. The fourth-order valence-corrected chi connectivity index (χ4v) is 4.65. The second kappa shape index (κ2) is 8.53. The van der Waals surface area contributed by atoms with Gasteiger partial charge in [0.1, 0.15) is 11.3 Å². The van der Waals surface area contributed by atoms with Crippen LogP contribution >= 0.6 is 0 Å². The monoisotopic (exact) mass is 431 g/mol. The number of benzene rings is 2. The minimum absolute atomic E-state index is 0.0195. The second-order valence-electron chi connectivity index (χ2n) is 7.30. The zero-order valence-corrected chi connectivity index (χ0v) is 17.1. The smallest absolute Gasteiger partial charge is 0.240 e. The third-order valence-corrected chi connectivity index (χ3v) is 6.67. The number of likely N-dealkylation sites (tertiary alicyclic amines) is 1. The van der Waals surface area contributed by atoms with Crippen LogP contribution in [0.5, 0.6) is 0 Å². The van der Waals surface area contributed by atoms with Gasteiger partial charge in [-0.3, -0.25) is 4.79 Å². The van der Waals surface area contributed by atoms with Crippen molar-refractivity contribution in [3.05, 3.63) is 60.2 Å². The fourth-order valence-electron chi connectivity index (χ4n) is 3.62. The van der Waals surface area contributed by atoms with Crippen molar-refractivity contribution in [2.75, 3.05) is 19.6 Å². The van der Waals surface area contributed by atoms with E-state index < -0.39 is 15.8 Å². The fraction of sp³-hybridized carbons (Fsp3) is 0.333. The standard InChI is InChI=1S/C21H22FN3O4S/c22-16-7-9-17(10-8-16)30(27,28)23-12-11-20(26)25-13-3-4-15(14-25)21-24-18-5-1-2-6-19(18)29-21/h1-2,5-10,15,23H,3-4,11-14H2. The molecule has 1 aliphatic rings. The Morgan fingerprint density at radius 3 is 2.73 bits per heavy atom. The Balaban J connectivity index is 1.33. The summed E-state index contributed by atoms with van der Waals surface area (Å²) in [7, 11) is -3.78. The molecule has 3 aromatic rings. The molecule has 2 aromatic carbocycles. The van der Waals surface area contributed by atoms with Crippen molar-refractivity contribution in [1.82, 2.24) is 14.6 Å². The number of carbonyl (C=O) groups is 1. The molecular weight excluding hydrogens is 409 g/mol. The quantitative estimate of drug-likeness (QED) is 0.648. The summed E-state index contributed by atoms with van der Waals surface area (Å²) >= 11 is 0. The van der Waals surface area contributed by atoms with Gasteiger partial charge >= 0.3 is 0 Å². The number of para-hydroxylation sites is 2. The third-order valence-electron chi connectivity index (χ3n) is 5.19. The maximum Gasteiger partial charge on any atom is 0.240 e. The predicted molar refractivity (Wildman–Crippen MR) is 109 cm³/mol. The number of piperidine rings is 1. The molecule has 7 nitrogen and oxygen atoms in total. The van der Waals surface area contributed by atoms with Crippen molar-refractivity contribution in [3.63, 3.8) is 0 Å². The van der Waals surface area contributed by atoms with E-state index in [1.807, 2.05) is 24.3 Å². The van der Waals surface area contributed by atoms with Crippen LogP contribution in [0.2, 0.25) is 0 Å². The number of amides is 1. The zero-order valence-electron chi connectivity index (χ0n) is 16.3. The summed E-state index contributed by atoms with van der Waals surface area (Å²) in [5.41, 5.74) is 1.53. The van der Waals surface area contributed by atoms with Gasteiger partial charge in [0.2, 0.25) is 15.9 Å². The van der Waals surface area contributed by atoms with Crippen LogP contribution in [0, 0.1) is 5.82 Å². The third kappa shape index (κ3) is 4.52. The first-order valence-electron chi connectivity index (χ1n) is 9.81. The normalized spacial score (nSPS) is 17.4. The van der Waals surface area contributed by atoms with Crippen molar-refractivity contribution in [2.24, 2.45) is 0 Å². The van der Waals surface area contributed by atoms with Crippen LogP contribution < -0.4 is 4.72 Å². The van der Waals surface area contributed by atoms with Crippen molar-refractivity contribution in [1.29, 1.82) is 0 Å². The number of carbonyl (C=O) groups excluding carboxylic acids is 1. The van der Waals surface area contributed by atoms with Gasteiger partial charge in [-0.05, 0) is 49.2 Å². The summed E-state index contributed by atoms with van der Waals surface area (Å²) < 4.78 is 45.7. The van der Waals surface area contributed by atoms with Crippen LogP contribution in [-0.2, 0) is 14.8 Å². The van der Waals surface area contributed by atoms with E-state index in [0.29, 0.717) is 19.0 Å². The van der Waals surface area contributed by atoms with Crippen LogP contribution in [0.3, 0.4) is 0 Å². The van der Waals surface area contributed by atoms with E-state index >= 15 is 0 Å². The molecule has 0 saturated carbocycles. The highest BCUT2D eigenvalue weighted by atomic mass is 32.2. The van der Waals surface area contributed by atoms with Gasteiger partial charge in [0, 0.05) is 26.1 Å². The average molecular weight is 431 g/mol. The Kier molecular flexibility index (Phi) is 5.83. The number of nitrogens with one attached hydrogen (secondary N) is 1. The van der Waals surface area contributed by atoms with Crippen molar-refractivity contribution >= 4 is 27.0 Å². The summed E-state index contributed by atoms with van der Waals surface area (Å²) in [5, 5.41) is 0. The van der Waals surface area contributed by atoms with Gasteiger partial charge in [-0.15, -0.1) is 0 Å². The Labute approximate surface area is 173 Å². The lowest BCUT2D eigenvalue weighted by molar-refractivity contribution is -0.132. The largest absolute Gasteiger partial charge is 0.440 e. The molecule has 30 heavy (non-hydrogen) atoms. The summed E-state index contributed by atoms with van der Waals surface area (Å²) in [6, 6.07) is 12.1. The molecule has 1 unspecified atom stereocenters. The number of halogens is 1. The molecule has 0 radical (unpaired) electrons. The number of oxazole rings is 1. The molecule has 4 rings (SSSR count). The summed E-state index contributed by atoms with van der Waals surface area (Å²) in [4.78, 5) is 18.8. The van der Waals surface area contributed by atoms with Crippen molar-refractivity contribution in [3.8, 4) is 0 Å². The number of aromatic nitrogens is 1. The molecule has 1 amide bonds. The van der Waals surface area contributed by atoms with Crippen LogP contribution in [0.4, 0.5) is 4.39 Å². The van der Waals surface area contributed by atoms with Gasteiger partial charge in [-0.1, -0.05) is 12.1 Å². The van der Waals surface area contributed by atoms with Crippen molar-refractivity contribution in [2.45, 2.75) is 30.1 Å². The Hall–Kier alpha value is -2.78. The number of hydrogen-bond acceptors (Lipinski definition) is 5. The van der Waals surface area contributed by atoms with E-state index in [1.165, 1.54) is 12.1 Å². The molecule has 1 N–H and O–H groups in total. The minimum Gasteiger partial charge on any atom is -0.440 e. The molecule has 1 atom stereocenters. The van der Waals surface area contributed by atoms with E-state index in [0.717, 1.165) is 36.1 Å². The van der Waals surface area contributed by atoms with E-state index in [-0.39, 0.29) is 29.7 Å². The van der Waals surface area contributed by atoms with E-state index in [9.17, 15) is 17.6 Å². The zero-order chi connectivity index (χ0) is 21.1. The first-order valence-corrected chi connectivity index (χ1v) is 11.3. The Morgan fingerprint density at radius 2 is 1.97 bits per heavy atom. The number of hydrogen-bond donors (Lipinski definition) is 1. The van der Waals surface area contributed by atoms with Crippen molar-refractivity contribution < 1.29 is 22.0 Å². The molecule has 0 aliphatic carbocycles. The predicted octanol–water partition coefficient (Wildman–Crippen LogP) is 3.04. The molecule has 1 saturated heterocycles. The number of nitrogens with zero attached hydrogens (tertiary/aromatic N) is 2. The lowest BCUT2D eigenvalue weighted by Gasteiger charge is -2.31. The van der Waals surface area contributed by atoms with Gasteiger partial charge in [0.05, 0.1) is 10.8 Å².